The van der Waals surface area contributed by atoms with Crippen molar-refractivity contribution in [1.29, 1.82) is 0 Å². The van der Waals surface area contributed by atoms with Crippen LogP contribution in [-0.4, -0.2) is 27.4 Å². The molecular formula is C8H11N3O2. The summed E-state index contributed by atoms with van der Waals surface area (Å²) in [7, 11) is 0. The molecule has 1 aromatic rings. The molecule has 2 N–H and O–H groups in total. The first kappa shape index (κ1) is 8.10. The molecule has 0 saturated carbocycles. The first-order valence-electron chi connectivity index (χ1n) is 4.21. The SMILES string of the molecule is C[C@H]1CNc2c(C(=O)O)cnn2C1. The second-order valence-electron chi connectivity index (χ2n) is 3.38. The van der Waals surface area contributed by atoms with Crippen LogP contribution in [-0.2, 0) is 6.54 Å². The van der Waals surface area contributed by atoms with Crippen molar-refractivity contribution < 1.29 is 9.90 Å². The minimum absolute atomic E-state index is 0.256. The van der Waals surface area contributed by atoms with Crippen LogP contribution in [0.25, 0.3) is 0 Å². The number of fused-ring (bicyclic) bond motifs is 1. The van der Waals surface area contributed by atoms with Gasteiger partial charge in [-0.1, -0.05) is 6.92 Å². The third-order valence-corrected chi connectivity index (χ3v) is 2.17. The summed E-state index contributed by atoms with van der Waals surface area (Å²) >= 11 is 0. The van der Waals surface area contributed by atoms with Crippen LogP contribution in [0.3, 0.4) is 0 Å². The summed E-state index contributed by atoms with van der Waals surface area (Å²) in [5.41, 5.74) is 0.256. The van der Waals surface area contributed by atoms with E-state index in [9.17, 15) is 4.79 Å². The summed E-state index contributed by atoms with van der Waals surface area (Å²) in [5.74, 6) is 0.197. The molecule has 2 rings (SSSR count). The summed E-state index contributed by atoms with van der Waals surface area (Å²) in [6.07, 6.45) is 1.39. The van der Waals surface area contributed by atoms with Crippen LogP contribution in [0.15, 0.2) is 6.20 Å². The molecule has 0 unspecified atom stereocenters. The van der Waals surface area contributed by atoms with E-state index in [4.69, 9.17) is 5.11 Å². The fourth-order valence-electron chi connectivity index (χ4n) is 1.50. The van der Waals surface area contributed by atoms with Gasteiger partial charge < -0.3 is 10.4 Å². The predicted octanol–water partition coefficient (Wildman–Crippen LogP) is 0.643. The molecule has 1 aliphatic rings. The van der Waals surface area contributed by atoms with Gasteiger partial charge in [0.05, 0.1) is 6.20 Å². The van der Waals surface area contributed by atoms with Crippen LogP contribution in [0.5, 0.6) is 0 Å². The molecule has 0 aromatic carbocycles. The molecule has 0 saturated heterocycles. The molecule has 0 aliphatic carbocycles. The Morgan fingerprint density at radius 3 is 3.31 bits per heavy atom. The molecule has 1 aromatic heterocycles. The van der Waals surface area contributed by atoms with Crippen molar-refractivity contribution in [3.8, 4) is 0 Å². The Morgan fingerprint density at radius 2 is 2.62 bits per heavy atom. The van der Waals surface area contributed by atoms with Crippen molar-refractivity contribution in [2.45, 2.75) is 13.5 Å². The highest BCUT2D eigenvalue weighted by Gasteiger charge is 2.21. The normalized spacial score (nSPS) is 20.5. The molecule has 5 nitrogen and oxygen atoms in total. The number of anilines is 1. The summed E-state index contributed by atoms with van der Waals surface area (Å²) < 4.78 is 1.71. The molecular weight excluding hydrogens is 170 g/mol. The van der Waals surface area contributed by atoms with Gasteiger partial charge in [0.15, 0.2) is 0 Å². The van der Waals surface area contributed by atoms with Crippen molar-refractivity contribution in [2.24, 2.45) is 5.92 Å². The van der Waals surface area contributed by atoms with E-state index in [-0.39, 0.29) is 5.56 Å². The highest BCUT2D eigenvalue weighted by atomic mass is 16.4. The standard InChI is InChI=1S/C8H11N3O2/c1-5-2-9-7-6(8(12)13)3-10-11(7)4-5/h3,5,9H,2,4H2,1H3,(H,12,13)/t5-/m0/s1. The lowest BCUT2D eigenvalue weighted by molar-refractivity contribution is 0.0697. The number of carboxylic acid groups (broad SMARTS) is 1. The second-order valence-corrected chi connectivity index (χ2v) is 3.38. The average Bonchev–Trinajstić information content (AvgIpc) is 2.46. The fourth-order valence-corrected chi connectivity index (χ4v) is 1.50. The number of carbonyl (C=O) groups is 1. The maximum Gasteiger partial charge on any atom is 0.341 e. The van der Waals surface area contributed by atoms with Gasteiger partial charge in [-0.25, -0.2) is 9.48 Å². The van der Waals surface area contributed by atoms with E-state index in [1.54, 1.807) is 4.68 Å². The molecule has 5 heteroatoms. The Morgan fingerprint density at radius 1 is 1.85 bits per heavy atom. The number of hydrogen-bond donors (Lipinski definition) is 2. The van der Waals surface area contributed by atoms with Gasteiger partial charge in [-0.3, -0.25) is 0 Å². The van der Waals surface area contributed by atoms with E-state index < -0.39 is 5.97 Å². The van der Waals surface area contributed by atoms with Crippen LogP contribution in [0.4, 0.5) is 5.82 Å². The van der Waals surface area contributed by atoms with Crippen molar-refractivity contribution >= 4 is 11.8 Å². The largest absolute Gasteiger partial charge is 0.477 e. The Labute approximate surface area is 75.4 Å². The topological polar surface area (TPSA) is 67.2 Å². The first-order valence-corrected chi connectivity index (χ1v) is 4.21. The fraction of sp³-hybridized carbons (Fsp3) is 0.500. The summed E-state index contributed by atoms with van der Waals surface area (Å²) in [5, 5.41) is 15.9. The predicted molar refractivity (Wildman–Crippen MR) is 46.8 cm³/mol. The Bertz CT molecular complexity index is 345. The Kier molecular flexibility index (Phi) is 1.72. The number of aromatic carboxylic acids is 1. The molecule has 0 bridgehead atoms. The van der Waals surface area contributed by atoms with Crippen LogP contribution in [0.1, 0.15) is 17.3 Å². The third kappa shape index (κ3) is 1.26. The lowest BCUT2D eigenvalue weighted by atomic mass is 10.1. The van der Waals surface area contributed by atoms with Gasteiger partial charge in [-0.2, -0.15) is 5.10 Å². The first-order chi connectivity index (χ1) is 6.18. The van der Waals surface area contributed by atoms with Crippen LogP contribution >= 0.6 is 0 Å². The van der Waals surface area contributed by atoms with Crippen LogP contribution in [0, 0.1) is 5.92 Å². The van der Waals surface area contributed by atoms with Crippen LogP contribution in [0.2, 0.25) is 0 Å². The Hall–Kier alpha value is -1.52. The molecule has 13 heavy (non-hydrogen) atoms. The van der Waals surface area contributed by atoms with Gasteiger partial charge in [-0.05, 0) is 5.92 Å². The minimum Gasteiger partial charge on any atom is -0.477 e. The molecule has 0 amide bonds. The highest BCUT2D eigenvalue weighted by molar-refractivity contribution is 5.93. The zero-order valence-corrected chi connectivity index (χ0v) is 7.32. The summed E-state index contributed by atoms with van der Waals surface area (Å²) in [6.45, 7) is 3.69. The van der Waals surface area contributed by atoms with Crippen molar-refractivity contribution in [3.05, 3.63) is 11.8 Å². The summed E-state index contributed by atoms with van der Waals surface area (Å²) in [4.78, 5) is 10.7. The van der Waals surface area contributed by atoms with Crippen molar-refractivity contribution in [3.63, 3.8) is 0 Å². The molecule has 0 fully saturated rings. The average molecular weight is 181 g/mol. The lowest BCUT2D eigenvalue weighted by Gasteiger charge is -2.21. The van der Waals surface area contributed by atoms with Gasteiger partial charge in [-0.15, -0.1) is 0 Å². The monoisotopic (exact) mass is 181 g/mol. The van der Waals surface area contributed by atoms with Gasteiger partial charge in [0, 0.05) is 13.1 Å². The van der Waals surface area contributed by atoms with E-state index in [1.165, 1.54) is 6.20 Å². The number of rotatable bonds is 1. The molecule has 0 radical (unpaired) electrons. The maximum absolute atomic E-state index is 10.7. The second kappa shape index (κ2) is 2.76. The maximum atomic E-state index is 10.7. The van der Waals surface area contributed by atoms with E-state index in [2.05, 4.69) is 17.3 Å². The zero-order valence-electron chi connectivity index (χ0n) is 7.32. The number of nitrogens with zero attached hydrogens (tertiary/aromatic N) is 2. The van der Waals surface area contributed by atoms with Crippen molar-refractivity contribution in [1.82, 2.24) is 9.78 Å². The zero-order chi connectivity index (χ0) is 9.42. The molecule has 1 aliphatic heterocycles. The van der Waals surface area contributed by atoms with Gasteiger partial charge in [0.1, 0.15) is 11.4 Å². The quantitative estimate of drug-likeness (QED) is 0.667. The highest BCUT2D eigenvalue weighted by Crippen LogP contribution is 2.21. The molecule has 2 heterocycles. The van der Waals surface area contributed by atoms with E-state index in [0.717, 1.165) is 13.1 Å². The lowest BCUT2D eigenvalue weighted by Crippen LogP contribution is -2.26. The van der Waals surface area contributed by atoms with Crippen molar-refractivity contribution in [2.75, 3.05) is 11.9 Å². The molecule has 0 spiro atoms. The Balaban J connectivity index is 2.39. The van der Waals surface area contributed by atoms with Gasteiger partial charge >= 0.3 is 5.97 Å². The van der Waals surface area contributed by atoms with Crippen LogP contribution < -0.4 is 5.32 Å². The van der Waals surface area contributed by atoms with Gasteiger partial charge in [0.25, 0.3) is 0 Å². The van der Waals surface area contributed by atoms with E-state index in [0.29, 0.717) is 11.7 Å². The smallest absolute Gasteiger partial charge is 0.341 e. The molecule has 70 valence electrons. The van der Waals surface area contributed by atoms with E-state index >= 15 is 0 Å². The third-order valence-electron chi connectivity index (χ3n) is 2.17. The molecule has 1 atom stereocenters. The summed E-state index contributed by atoms with van der Waals surface area (Å²) in [6, 6.07) is 0. The van der Waals surface area contributed by atoms with Gasteiger partial charge in [0.2, 0.25) is 0 Å². The minimum atomic E-state index is -0.927. The number of nitrogens with one attached hydrogen (secondary N) is 1. The number of aromatic nitrogens is 2. The number of hydrogen-bond acceptors (Lipinski definition) is 3. The van der Waals surface area contributed by atoms with E-state index in [1.807, 2.05) is 0 Å². The number of carboxylic acids is 1.